The van der Waals surface area contributed by atoms with Crippen molar-refractivity contribution in [1.29, 1.82) is 0 Å². The minimum absolute atomic E-state index is 0.207. The van der Waals surface area contributed by atoms with E-state index in [2.05, 4.69) is 21.5 Å². The average Bonchev–Trinajstić information content (AvgIpc) is 3.44. The molecule has 2 aliphatic rings. The number of thiophene rings is 1. The molecule has 4 heterocycles. The third kappa shape index (κ3) is 2.66. The summed E-state index contributed by atoms with van der Waals surface area (Å²) < 4.78 is 22.0. The van der Waals surface area contributed by atoms with Gasteiger partial charge in [0.05, 0.1) is 5.70 Å². The quantitative estimate of drug-likeness (QED) is 0.438. The predicted octanol–water partition coefficient (Wildman–Crippen LogP) is 5.69. The SMILES string of the molecule is Fc1ccc(C2Oc3ccc(Cl)cc3C3=C2C(c2cccs2)n2ncnc2N3)cc1. The second-order valence-electron chi connectivity index (χ2n) is 7.09. The van der Waals surface area contributed by atoms with Gasteiger partial charge in [0.2, 0.25) is 5.95 Å². The van der Waals surface area contributed by atoms with E-state index >= 15 is 0 Å². The van der Waals surface area contributed by atoms with E-state index in [1.807, 2.05) is 28.3 Å². The van der Waals surface area contributed by atoms with Crippen molar-refractivity contribution in [2.24, 2.45) is 0 Å². The molecular weight excluding hydrogens is 423 g/mol. The molecule has 6 rings (SSSR count). The van der Waals surface area contributed by atoms with Crippen molar-refractivity contribution in [3.05, 3.63) is 98.7 Å². The second kappa shape index (κ2) is 6.68. The van der Waals surface area contributed by atoms with Crippen LogP contribution in [-0.4, -0.2) is 14.8 Å². The molecule has 8 heteroatoms. The third-order valence-corrected chi connectivity index (χ3v) is 6.52. The molecule has 2 aromatic heterocycles. The van der Waals surface area contributed by atoms with E-state index in [-0.39, 0.29) is 11.9 Å². The fourth-order valence-corrected chi connectivity index (χ4v) is 5.07. The lowest BCUT2D eigenvalue weighted by Crippen LogP contribution is -2.32. The zero-order chi connectivity index (χ0) is 20.2. The summed E-state index contributed by atoms with van der Waals surface area (Å²) in [5, 5.41) is 10.6. The number of hydrogen-bond acceptors (Lipinski definition) is 5. The molecule has 1 N–H and O–H groups in total. The van der Waals surface area contributed by atoms with Gasteiger partial charge in [0, 0.05) is 21.0 Å². The number of ether oxygens (including phenoxy) is 1. The van der Waals surface area contributed by atoms with Crippen LogP contribution in [0.25, 0.3) is 5.70 Å². The van der Waals surface area contributed by atoms with Crippen LogP contribution >= 0.6 is 22.9 Å². The molecule has 2 aromatic carbocycles. The molecule has 30 heavy (non-hydrogen) atoms. The summed E-state index contributed by atoms with van der Waals surface area (Å²) in [5.74, 6) is 1.07. The van der Waals surface area contributed by atoms with Crippen LogP contribution in [0.5, 0.6) is 5.75 Å². The van der Waals surface area contributed by atoms with Gasteiger partial charge in [0.25, 0.3) is 0 Å². The van der Waals surface area contributed by atoms with E-state index in [4.69, 9.17) is 16.3 Å². The van der Waals surface area contributed by atoms with Gasteiger partial charge in [-0.1, -0.05) is 29.8 Å². The molecule has 0 spiro atoms. The summed E-state index contributed by atoms with van der Waals surface area (Å²) in [6.45, 7) is 0. The number of rotatable bonds is 2. The van der Waals surface area contributed by atoms with Crippen LogP contribution in [0, 0.1) is 5.82 Å². The molecule has 0 amide bonds. The lowest BCUT2D eigenvalue weighted by Gasteiger charge is -2.38. The highest BCUT2D eigenvalue weighted by molar-refractivity contribution is 7.10. The molecule has 0 saturated carbocycles. The van der Waals surface area contributed by atoms with Crippen molar-refractivity contribution in [3.8, 4) is 5.75 Å². The Hall–Kier alpha value is -3.16. The molecule has 0 aliphatic carbocycles. The van der Waals surface area contributed by atoms with E-state index < -0.39 is 6.10 Å². The van der Waals surface area contributed by atoms with E-state index in [1.54, 1.807) is 29.5 Å². The zero-order valence-corrected chi connectivity index (χ0v) is 17.0. The smallest absolute Gasteiger partial charge is 0.226 e. The van der Waals surface area contributed by atoms with E-state index in [9.17, 15) is 4.39 Å². The number of halogens is 2. The summed E-state index contributed by atoms with van der Waals surface area (Å²) in [4.78, 5) is 5.51. The largest absolute Gasteiger partial charge is 0.480 e. The molecule has 2 aliphatic heterocycles. The molecule has 5 nitrogen and oxygen atoms in total. The van der Waals surface area contributed by atoms with Gasteiger partial charge < -0.3 is 10.1 Å². The van der Waals surface area contributed by atoms with Gasteiger partial charge in [-0.3, -0.25) is 0 Å². The maximum absolute atomic E-state index is 13.6. The number of nitrogens with one attached hydrogen (secondary N) is 1. The number of hydrogen-bond donors (Lipinski definition) is 1. The third-order valence-electron chi connectivity index (χ3n) is 5.36. The van der Waals surface area contributed by atoms with Crippen molar-refractivity contribution >= 4 is 34.6 Å². The standard InChI is InChI=1S/C22H14ClFN4OS/c23-13-5-8-16-15(10-13)19-18(21(29-16)12-3-6-14(24)7-4-12)20(17-2-1-9-30-17)28-22(27-19)25-11-26-28/h1-11,20-21H,(H,25,26,27). The van der Waals surface area contributed by atoms with E-state index in [0.717, 1.165) is 27.3 Å². The molecule has 0 saturated heterocycles. The molecule has 148 valence electrons. The first kappa shape index (κ1) is 17.7. The highest BCUT2D eigenvalue weighted by atomic mass is 35.5. The highest BCUT2D eigenvalue weighted by Crippen LogP contribution is 2.51. The molecule has 0 radical (unpaired) electrons. The summed E-state index contributed by atoms with van der Waals surface area (Å²) >= 11 is 7.96. The van der Waals surface area contributed by atoms with Crippen LogP contribution in [0.15, 0.2) is 71.9 Å². The van der Waals surface area contributed by atoms with Crippen LogP contribution in [0.1, 0.15) is 28.1 Å². The van der Waals surface area contributed by atoms with Gasteiger partial charge >= 0.3 is 0 Å². The molecule has 0 fully saturated rings. The molecule has 2 atom stereocenters. The Labute approximate surface area is 180 Å². The molecule has 4 aromatic rings. The van der Waals surface area contributed by atoms with Crippen molar-refractivity contribution in [2.45, 2.75) is 12.1 Å². The Kier molecular flexibility index (Phi) is 3.94. The van der Waals surface area contributed by atoms with Gasteiger partial charge in [0.1, 0.15) is 30.0 Å². The van der Waals surface area contributed by atoms with Crippen molar-refractivity contribution in [1.82, 2.24) is 14.8 Å². The fourth-order valence-electron chi connectivity index (χ4n) is 4.07. The van der Waals surface area contributed by atoms with Crippen LogP contribution in [-0.2, 0) is 0 Å². The normalized spacial score (nSPS) is 19.4. The summed E-state index contributed by atoms with van der Waals surface area (Å²) in [6.07, 6.45) is 1.11. The fraction of sp³-hybridized carbons (Fsp3) is 0.0909. The number of aromatic nitrogens is 3. The monoisotopic (exact) mass is 436 g/mol. The number of anilines is 1. The van der Waals surface area contributed by atoms with Gasteiger partial charge in [-0.25, -0.2) is 9.07 Å². The Balaban J connectivity index is 1.63. The number of nitrogens with zero attached hydrogens (tertiary/aromatic N) is 3. The zero-order valence-electron chi connectivity index (χ0n) is 15.4. The lowest BCUT2D eigenvalue weighted by atomic mass is 9.87. The van der Waals surface area contributed by atoms with Crippen molar-refractivity contribution < 1.29 is 9.13 Å². The Morgan fingerprint density at radius 2 is 2.00 bits per heavy atom. The summed E-state index contributed by atoms with van der Waals surface area (Å²) in [7, 11) is 0. The minimum atomic E-state index is -0.425. The van der Waals surface area contributed by atoms with Crippen LogP contribution in [0.3, 0.4) is 0 Å². The number of fused-ring (bicyclic) bond motifs is 3. The first-order valence-electron chi connectivity index (χ1n) is 9.35. The van der Waals surface area contributed by atoms with Crippen molar-refractivity contribution in [2.75, 3.05) is 5.32 Å². The predicted molar refractivity (Wildman–Crippen MR) is 114 cm³/mol. The Morgan fingerprint density at radius 1 is 1.13 bits per heavy atom. The topological polar surface area (TPSA) is 52.0 Å². The first-order valence-corrected chi connectivity index (χ1v) is 10.6. The molecular formula is C22H14ClFN4OS. The minimum Gasteiger partial charge on any atom is -0.480 e. The average molecular weight is 437 g/mol. The van der Waals surface area contributed by atoms with Crippen LogP contribution in [0.4, 0.5) is 10.3 Å². The van der Waals surface area contributed by atoms with E-state index in [0.29, 0.717) is 16.7 Å². The van der Waals surface area contributed by atoms with Gasteiger partial charge in [0.15, 0.2) is 0 Å². The van der Waals surface area contributed by atoms with Gasteiger partial charge in [-0.15, -0.1) is 11.3 Å². The Bertz CT molecular complexity index is 1280. The van der Waals surface area contributed by atoms with Gasteiger partial charge in [-0.05, 0) is 47.3 Å². The maximum Gasteiger partial charge on any atom is 0.226 e. The summed E-state index contributed by atoms with van der Waals surface area (Å²) in [5.41, 5.74) is 3.60. The molecule has 2 unspecified atom stereocenters. The lowest BCUT2D eigenvalue weighted by molar-refractivity contribution is 0.223. The highest BCUT2D eigenvalue weighted by Gasteiger charge is 2.41. The first-order chi connectivity index (χ1) is 14.7. The summed E-state index contributed by atoms with van der Waals surface area (Å²) in [6, 6.07) is 15.8. The van der Waals surface area contributed by atoms with Gasteiger partial charge in [-0.2, -0.15) is 10.1 Å². The van der Waals surface area contributed by atoms with Crippen molar-refractivity contribution in [3.63, 3.8) is 0 Å². The van der Waals surface area contributed by atoms with Crippen LogP contribution in [0.2, 0.25) is 5.02 Å². The number of benzene rings is 2. The Morgan fingerprint density at radius 3 is 2.80 bits per heavy atom. The van der Waals surface area contributed by atoms with Crippen LogP contribution < -0.4 is 10.1 Å². The second-order valence-corrected chi connectivity index (χ2v) is 8.51. The maximum atomic E-state index is 13.6. The molecule has 0 bridgehead atoms. The van der Waals surface area contributed by atoms with E-state index in [1.165, 1.54) is 18.5 Å².